The zero-order valence-electron chi connectivity index (χ0n) is 11.1. The molecule has 5 nitrogen and oxygen atoms in total. The fourth-order valence-electron chi connectivity index (χ4n) is 3.07. The Labute approximate surface area is 109 Å². The number of hydrogen-bond donors (Lipinski definition) is 1. The number of carbonyl (C=O) groups is 1. The van der Waals surface area contributed by atoms with E-state index in [-0.39, 0.29) is 18.6 Å². The zero-order valence-corrected chi connectivity index (χ0v) is 11.1. The summed E-state index contributed by atoms with van der Waals surface area (Å²) in [6, 6.07) is 0.287. The molecule has 1 heterocycles. The van der Waals surface area contributed by atoms with Crippen molar-refractivity contribution in [1.82, 2.24) is 4.90 Å². The third kappa shape index (κ3) is 3.22. The molecule has 5 heteroatoms. The van der Waals surface area contributed by atoms with Gasteiger partial charge in [0, 0.05) is 39.5 Å². The van der Waals surface area contributed by atoms with Crippen LogP contribution in [0.5, 0.6) is 0 Å². The highest BCUT2D eigenvalue weighted by Gasteiger charge is 2.42. The maximum Gasteiger partial charge on any atom is 0.248 e. The zero-order chi connectivity index (χ0) is 13.0. The molecule has 0 aromatic rings. The second kappa shape index (κ2) is 6.50. The molecule has 2 N–H and O–H groups in total. The van der Waals surface area contributed by atoms with Gasteiger partial charge in [0.05, 0.1) is 0 Å². The van der Waals surface area contributed by atoms with Gasteiger partial charge in [-0.3, -0.25) is 4.79 Å². The molecule has 0 aromatic carbocycles. The van der Waals surface area contributed by atoms with E-state index in [0.717, 1.165) is 25.9 Å². The summed E-state index contributed by atoms with van der Waals surface area (Å²) in [5, 5.41) is 0. The van der Waals surface area contributed by atoms with Gasteiger partial charge in [0.2, 0.25) is 5.91 Å². The second-order valence-corrected chi connectivity index (χ2v) is 5.36. The van der Waals surface area contributed by atoms with Gasteiger partial charge in [0.1, 0.15) is 6.61 Å². The standard InChI is InChI=1S/C13H24N2O3/c1-17-5-2-6-18-9-13(16)15-7-10-3-4-12(14)11(10)8-15/h10-12H,2-9,14H2,1H3. The summed E-state index contributed by atoms with van der Waals surface area (Å²) in [5.41, 5.74) is 6.05. The number of ether oxygens (including phenoxy) is 2. The van der Waals surface area contributed by atoms with E-state index in [2.05, 4.69) is 0 Å². The molecular formula is C13H24N2O3. The van der Waals surface area contributed by atoms with Crippen molar-refractivity contribution in [2.24, 2.45) is 17.6 Å². The van der Waals surface area contributed by atoms with Crippen molar-refractivity contribution in [1.29, 1.82) is 0 Å². The second-order valence-electron chi connectivity index (χ2n) is 5.36. The Morgan fingerprint density at radius 1 is 1.33 bits per heavy atom. The first-order chi connectivity index (χ1) is 8.72. The van der Waals surface area contributed by atoms with Crippen molar-refractivity contribution in [2.75, 3.05) is 40.0 Å². The summed E-state index contributed by atoms with van der Waals surface area (Å²) in [6.07, 6.45) is 3.12. The maximum atomic E-state index is 11.9. The van der Waals surface area contributed by atoms with Crippen LogP contribution in [0.25, 0.3) is 0 Å². The van der Waals surface area contributed by atoms with Crippen molar-refractivity contribution in [2.45, 2.75) is 25.3 Å². The van der Waals surface area contributed by atoms with Crippen LogP contribution in [0.3, 0.4) is 0 Å². The summed E-state index contributed by atoms with van der Waals surface area (Å²) < 4.78 is 10.3. The SMILES string of the molecule is COCCCOCC(=O)N1CC2CCC(N)C2C1. The van der Waals surface area contributed by atoms with E-state index in [4.69, 9.17) is 15.2 Å². The molecule has 18 heavy (non-hydrogen) atoms. The Balaban J connectivity index is 1.65. The fraction of sp³-hybridized carbons (Fsp3) is 0.923. The normalized spacial score (nSPS) is 30.8. The molecule has 2 rings (SSSR count). The molecule has 104 valence electrons. The molecule has 2 aliphatic rings. The van der Waals surface area contributed by atoms with E-state index in [0.29, 0.717) is 25.0 Å². The molecule has 0 spiro atoms. The number of fused-ring (bicyclic) bond motifs is 1. The van der Waals surface area contributed by atoms with Crippen LogP contribution in [-0.4, -0.2) is 56.9 Å². The molecule has 0 bridgehead atoms. The highest BCUT2D eigenvalue weighted by molar-refractivity contribution is 5.77. The van der Waals surface area contributed by atoms with Gasteiger partial charge in [-0.25, -0.2) is 0 Å². The summed E-state index contributed by atoms with van der Waals surface area (Å²) in [5.74, 6) is 1.24. The smallest absolute Gasteiger partial charge is 0.248 e. The van der Waals surface area contributed by atoms with Crippen molar-refractivity contribution in [3.8, 4) is 0 Å². The van der Waals surface area contributed by atoms with E-state index in [1.54, 1.807) is 7.11 Å². The lowest BCUT2D eigenvalue weighted by atomic mass is 9.98. The molecule has 1 saturated carbocycles. The Morgan fingerprint density at radius 2 is 2.17 bits per heavy atom. The van der Waals surface area contributed by atoms with Gasteiger partial charge in [0.15, 0.2) is 0 Å². The number of likely N-dealkylation sites (tertiary alicyclic amines) is 1. The number of nitrogens with zero attached hydrogens (tertiary/aromatic N) is 1. The number of rotatable bonds is 6. The van der Waals surface area contributed by atoms with Crippen molar-refractivity contribution < 1.29 is 14.3 Å². The fourth-order valence-corrected chi connectivity index (χ4v) is 3.07. The topological polar surface area (TPSA) is 64.8 Å². The van der Waals surface area contributed by atoms with E-state index in [1.165, 1.54) is 6.42 Å². The molecule has 1 amide bonds. The first-order valence-electron chi connectivity index (χ1n) is 6.82. The van der Waals surface area contributed by atoms with Crippen molar-refractivity contribution in [3.05, 3.63) is 0 Å². The highest BCUT2D eigenvalue weighted by Crippen LogP contribution is 2.36. The summed E-state index contributed by atoms with van der Waals surface area (Å²) in [7, 11) is 1.66. The third-order valence-corrected chi connectivity index (χ3v) is 4.13. The first-order valence-corrected chi connectivity index (χ1v) is 6.82. The maximum absolute atomic E-state index is 11.9. The van der Waals surface area contributed by atoms with Gasteiger partial charge in [-0.15, -0.1) is 0 Å². The predicted molar refractivity (Wildman–Crippen MR) is 68.1 cm³/mol. The minimum Gasteiger partial charge on any atom is -0.385 e. The molecule has 1 aliphatic carbocycles. The first kappa shape index (κ1) is 13.8. The Morgan fingerprint density at radius 3 is 2.89 bits per heavy atom. The summed E-state index contributed by atoms with van der Waals surface area (Å²) in [6.45, 7) is 3.15. The van der Waals surface area contributed by atoms with Crippen LogP contribution in [0.1, 0.15) is 19.3 Å². The lowest BCUT2D eigenvalue weighted by molar-refractivity contribution is -0.135. The lowest BCUT2D eigenvalue weighted by Gasteiger charge is -2.18. The average Bonchev–Trinajstić information content (AvgIpc) is 2.92. The predicted octanol–water partition coefficient (Wildman–Crippen LogP) is 0.235. The van der Waals surface area contributed by atoms with E-state index in [9.17, 15) is 4.79 Å². The molecule has 1 saturated heterocycles. The van der Waals surface area contributed by atoms with Crippen LogP contribution >= 0.6 is 0 Å². The summed E-state index contributed by atoms with van der Waals surface area (Å²) >= 11 is 0. The minimum absolute atomic E-state index is 0.106. The lowest BCUT2D eigenvalue weighted by Crippen LogP contribution is -2.35. The van der Waals surface area contributed by atoms with Crippen LogP contribution in [0, 0.1) is 11.8 Å². The number of carbonyl (C=O) groups excluding carboxylic acids is 1. The van der Waals surface area contributed by atoms with E-state index >= 15 is 0 Å². The van der Waals surface area contributed by atoms with Crippen LogP contribution in [-0.2, 0) is 14.3 Å². The number of methoxy groups -OCH3 is 1. The molecule has 3 unspecified atom stereocenters. The monoisotopic (exact) mass is 256 g/mol. The van der Waals surface area contributed by atoms with Crippen LogP contribution in [0.15, 0.2) is 0 Å². The quantitative estimate of drug-likeness (QED) is 0.691. The van der Waals surface area contributed by atoms with E-state index in [1.807, 2.05) is 4.90 Å². The van der Waals surface area contributed by atoms with Gasteiger partial charge in [-0.1, -0.05) is 0 Å². The molecule has 1 aliphatic heterocycles. The van der Waals surface area contributed by atoms with Crippen LogP contribution < -0.4 is 5.73 Å². The van der Waals surface area contributed by atoms with Gasteiger partial charge in [-0.05, 0) is 31.1 Å². The van der Waals surface area contributed by atoms with Crippen molar-refractivity contribution >= 4 is 5.91 Å². The molecule has 3 atom stereocenters. The van der Waals surface area contributed by atoms with Crippen LogP contribution in [0.2, 0.25) is 0 Å². The average molecular weight is 256 g/mol. The molecule has 2 fully saturated rings. The highest BCUT2D eigenvalue weighted by atomic mass is 16.5. The van der Waals surface area contributed by atoms with Gasteiger partial charge >= 0.3 is 0 Å². The Kier molecular flexibility index (Phi) is 4.97. The summed E-state index contributed by atoms with van der Waals surface area (Å²) in [4.78, 5) is 13.9. The molecule has 0 aromatic heterocycles. The Hall–Kier alpha value is -0.650. The van der Waals surface area contributed by atoms with Gasteiger partial charge in [0.25, 0.3) is 0 Å². The van der Waals surface area contributed by atoms with Crippen molar-refractivity contribution in [3.63, 3.8) is 0 Å². The van der Waals surface area contributed by atoms with Crippen LogP contribution in [0.4, 0.5) is 0 Å². The van der Waals surface area contributed by atoms with Gasteiger partial charge < -0.3 is 20.1 Å². The molecular weight excluding hydrogens is 232 g/mol. The third-order valence-electron chi connectivity index (χ3n) is 4.13. The van der Waals surface area contributed by atoms with Gasteiger partial charge in [-0.2, -0.15) is 0 Å². The largest absolute Gasteiger partial charge is 0.385 e. The van der Waals surface area contributed by atoms with E-state index < -0.39 is 0 Å². The number of amides is 1. The Bertz CT molecular complexity index is 285. The number of hydrogen-bond acceptors (Lipinski definition) is 4. The number of nitrogens with two attached hydrogens (primary N) is 1. The molecule has 0 radical (unpaired) electrons. The minimum atomic E-state index is 0.106.